The summed E-state index contributed by atoms with van der Waals surface area (Å²) in [6, 6.07) is 5.91. The van der Waals surface area contributed by atoms with Crippen molar-refractivity contribution in [2.45, 2.75) is 32.6 Å². The van der Waals surface area contributed by atoms with Gasteiger partial charge in [-0.1, -0.05) is 6.92 Å². The van der Waals surface area contributed by atoms with E-state index in [0.717, 1.165) is 27.9 Å². The molecule has 8 heteroatoms. The third-order valence-electron chi connectivity index (χ3n) is 3.55. The molecule has 0 aliphatic carbocycles. The van der Waals surface area contributed by atoms with Gasteiger partial charge in [0.2, 0.25) is 5.91 Å². The van der Waals surface area contributed by atoms with Crippen molar-refractivity contribution in [1.82, 2.24) is 9.66 Å². The van der Waals surface area contributed by atoms with Gasteiger partial charge in [0.15, 0.2) is 0 Å². The second-order valence-corrected chi connectivity index (χ2v) is 8.96. The van der Waals surface area contributed by atoms with E-state index < -0.39 is 0 Å². The van der Waals surface area contributed by atoms with Crippen LogP contribution in [0, 0.1) is 0 Å². The van der Waals surface area contributed by atoms with Crippen LogP contribution in [-0.4, -0.2) is 15.6 Å². The number of thiophene rings is 2. The molecule has 0 spiro atoms. The molecule has 126 valence electrons. The molecule has 3 heterocycles. The zero-order chi connectivity index (χ0) is 17.1. The SMILES string of the molecule is CCc1cc2c(=O)n(NC(=O)CCCc3ccc(Br)s3)cnc2s1. The van der Waals surface area contributed by atoms with E-state index >= 15 is 0 Å². The first-order valence-electron chi connectivity index (χ1n) is 7.61. The molecular formula is C16H16BrN3O2S2. The zero-order valence-corrected chi connectivity index (χ0v) is 16.3. The van der Waals surface area contributed by atoms with Crippen molar-refractivity contribution in [2.24, 2.45) is 0 Å². The lowest BCUT2D eigenvalue weighted by Crippen LogP contribution is -2.32. The van der Waals surface area contributed by atoms with E-state index in [1.165, 1.54) is 27.2 Å². The monoisotopic (exact) mass is 425 g/mol. The molecule has 0 fully saturated rings. The number of hydrogen-bond acceptors (Lipinski definition) is 5. The number of hydrogen-bond donors (Lipinski definition) is 1. The van der Waals surface area contributed by atoms with Crippen LogP contribution in [0.1, 0.15) is 29.5 Å². The molecule has 5 nitrogen and oxygen atoms in total. The molecule has 0 radical (unpaired) electrons. The number of carbonyl (C=O) groups is 1. The minimum Gasteiger partial charge on any atom is -0.273 e. The van der Waals surface area contributed by atoms with E-state index in [9.17, 15) is 9.59 Å². The summed E-state index contributed by atoms with van der Waals surface area (Å²) in [5, 5.41) is 0.558. The van der Waals surface area contributed by atoms with Crippen molar-refractivity contribution < 1.29 is 4.79 Å². The van der Waals surface area contributed by atoms with Gasteiger partial charge in [0.05, 0.1) is 9.17 Å². The number of nitrogens with zero attached hydrogens (tertiary/aromatic N) is 2. The fourth-order valence-corrected chi connectivity index (χ4v) is 4.78. The Labute approximate surface area is 155 Å². The Kier molecular flexibility index (Phi) is 5.47. The van der Waals surface area contributed by atoms with Gasteiger partial charge in [0, 0.05) is 16.2 Å². The van der Waals surface area contributed by atoms with Gasteiger partial charge < -0.3 is 0 Å². The number of nitrogens with one attached hydrogen (secondary N) is 1. The van der Waals surface area contributed by atoms with Crippen LogP contribution in [0.5, 0.6) is 0 Å². The summed E-state index contributed by atoms with van der Waals surface area (Å²) < 4.78 is 2.27. The van der Waals surface area contributed by atoms with E-state index in [2.05, 4.69) is 32.4 Å². The molecule has 0 saturated carbocycles. The van der Waals surface area contributed by atoms with E-state index in [1.807, 2.05) is 19.1 Å². The molecule has 0 aliphatic heterocycles. The van der Waals surface area contributed by atoms with Crippen LogP contribution in [-0.2, 0) is 17.6 Å². The van der Waals surface area contributed by atoms with Gasteiger partial charge in [-0.15, -0.1) is 22.7 Å². The highest BCUT2D eigenvalue weighted by Crippen LogP contribution is 2.23. The topological polar surface area (TPSA) is 64.0 Å². The Morgan fingerprint density at radius 1 is 1.33 bits per heavy atom. The molecule has 0 aromatic carbocycles. The molecule has 0 saturated heterocycles. The number of rotatable bonds is 6. The fourth-order valence-electron chi connectivity index (χ4n) is 2.33. The third kappa shape index (κ3) is 3.93. The Balaban J connectivity index is 1.62. The lowest BCUT2D eigenvalue weighted by Gasteiger charge is -2.07. The lowest BCUT2D eigenvalue weighted by molar-refractivity contribution is -0.117. The van der Waals surface area contributed by atoms with Gasteiger partial charge in [0.25, 0.3) is 5.56 Å². The van der Waals surface area contributed by atoms with Crippen LogP contribution < -0.4 is 11.0 Å². The quantitative estimate of drug-likeness (QED) is 0.650. The van der Waals surface area contributed by atoms with Crippen LogP contribution in [0.15, 0.2) is 33.1 Å². The molecule has 3 aromatic rings. The predicted molar refractivity (Wildman–Crippen MR) is 103 cm³/mol. The summed E-state index contributed by atoms with van der Waals surface area (Å²) >= 11 is 6.61. The molecule has 24 heavy (non-hydrogen) atoms. The molecule has 0 bridgehead atoms. The highest BCUT2D eigenvalue weighted by Gasteiger charge is 2.10. The summed E-state index contributed by atoms with van der Waals surface area (Å²) in [6.07, 6.45) is 4.20. The predicted octanol–water partition coefficient (Wildman–Crippen LogP) is 3.94. The van der Waals surface area contributed by atoms with Crippen molar-refractivity contribution in [3.05, 3.63) is 48.4 Å². The molecular weight excluding hydrogens is 410 g/mol. The summed E-state index contributed by atoms with van der Waals surface area (Å²) in [4.78, 5) is 31.8. The third-order valence-corrected chi connectivity index (χ3v) is 6.42. The van der Waals surface area contributed by atoms with Gasteiger partial charge in [-0.25, -0.2) is 9.66 Å². The van der Waals surface area contributed by atoms with E-state index in [0.29, 0.717) is 16.6 Å². The molecule has 3 aromatic heterocycles. The minimum atomic E-state index is -0.230. The van der Waals surface area contributed by atoms with Gasteiger partial charge in [-0.3, -0.25) is 15.0 Å². The number of halogens is 1. The maximum absolute atomic E-state index is 12.4. The summed E-state index contributed by atoms with van der Waals surface area (Å²) in [5.41, 5.74) is 2.39. The summed E-state index contributed by atoms with van der Waals surface area (Å²) in [7, 11) is 0. The van der Waals surface area contributed by atoms with Gasteiger partial charge in [-0.2, -0.15) is 0 Å². The maximum atomic E-state index is 12.4. The Bertz CT molecular complexity index is 929. The molecule has 0 atom stereocenters. The number of fused-ring (bicyclic) bond motifs is 1. The fraction of sp³-hybridized carbons (Fsp3) is 0.312. The van der Waals surface area contributed by atoms with E-state index in [4.69, 9.17) is 0 Å². The highest BCUT2D eigenvalue weighted by molar-refractivity contribution is 9.11. The van der Waals surface area contributed by atoms with Crippen LogP contribution in [0.25, 0.3) is 10.2 Å². The van der Waals surface area contributed by atoms with Gasteiger partial charge >= 0.3 is 0 Å². The first-order chi connectivity index (χ1) is 11.6. The molecule has 0 aliphatic rings. The smallest absolute Gasteiger partial charge is 0.273 e. The van der Waals surface area contributed by atoms with Gasteiger partial charge in [-0.05, 0) is 53.4 Å². The first kappa shape index (κ1) is 17.3. The molecule has 1 amide bonds. The number of amides is 1. The van der Waals surface area contributed by atoms with Crippen LogP contribution in [0.4, 0.5) is 0 Å². The minimum absolute atomic E-state index is 0.181. The second-order valence-electron chi connectivity index (χ2n) is 5.30. The maximum Gasteiger partial charge on any atom is 0.280 e. The van der Waals surface area contributed by atoms with E-state index in [-0.39, 0.29) is 11.5 Å². The number of aryl methyl sites for hydroxylation is 2. The molecule has 1 N–H and O–H groups in total. The standard InChI is InChI=1S/C16H16BrN3O2S2/c1-2-10-8-12-15(24-10)18-9-20(16(12)22)19-14(21)5-3-4-11-6-7-13(17)23-11/h6-9H,2-5H2,1H3,(H,19,21). The Morgan fingerprint density at radius 2 is 2.17 bits per heavy atom. The van der Waals surface area contributed by atoms with E-state index in [1.54, 1.807) is 11.3 Å². The second kappa shape index (κ2) is 7.58. The summed E-state index contributed by atoms with van der Waals surface area (Å²) in [6.45, 7) is 2.04. The highest BCUT2D eigenvalue weighted by atomic mass is 79.9. The average Bonchev–Trinajstić information content (AvgIpc) is 3.16. The van der Waals surface area contributed by atoms with Crippen molar-refractivity contribution in [2.75, 3.05) is 5.43 Å². The van der Waals surface area contributed by atoms with Gasteiger partial charge in [0.1, 0.15) is 11.2 Å². The Morgan fingerprint density at radius 3 is 2.88 bits per heavy atom. The Hall–Kier alpha value is -1.51. The van der Waals surface area contributed by atoms with Crippen LogP contribution in [0.2, 0.25) is 0 Å². The van der Waals surface area contributed by atoms with Crippen molar-refractivity contribution in [3.8, 4) is 0 Å². The number of carbonyl (C=O) groups excluding carboxylic acids is 1. The normalized spacial score (nSPS) is 11.1. The molecule has 0 unspecified atom stereocenters. The van der Waals surface area contributed by atoms with Crippen LogP contribution in [0.3, 0.4) is 0 Å². The average molecular weight is 426 g/mol. The number of aromatic nitrogens is 2. The van der Waals surface area contributed by atoms with Crippen LogP contribution >= 0.6 is 38.6 Å². The summed E-state index contributed by atoms with van der Waals surface area (Å²) in [5.74, 6) is -0.181. The van der Waals surface area contributed by atoms with Crippen molar-refractivity contribution >= 4 is 54.7 Å². The molecule has 3 rings (SSSR count). The van der Waals surface area contributed by atoms with Crippen molar-refractivity contribution in [1.29, 1.82) is 0 Å². The first-order valence-corrected chi connectivity index (χ1v) is 10.0. The zero-order valence-electron chi connectivity index (χ0n) is 13.0. The van der Waals surface area contributed by atoms with Crippen molar-refractivity contribution in [3.63, 3.8) is 0 Å². The largest absolute Gasteiger partial charge is 0.280 e. The lowest BCUT2D eigenvalue weighted by atomic mass is 10.2.